The number of amides is 1. The van der Waals surface area contributed by atoms with Gasteiger partial charge in [0.15, 0.2) is 0 Å². The third kappa shape index (κ3) is 4.69. The van der Waals surface area contributed by atoms with Crippen molar-refractivity contribution in [3.05, 3.63) is 36.2 Å². The number of hydrogen-bond donors (Lipinski definition) is 1. The van der Waals surface area contributed by atoms with Gasteiger partial charge in [-0.05, 0) is 39.7 Å². The number of likely N-dealkylation sites (tertiary alicyclic amines) is 1. The van der Waals surface area contributed by atoms with E-state index in [-0.39, 0.29) is 17.4 Å². The van der Waals surface area contributed by atoms with Crippen molar-refractivity contribution < 1.29 is 9.32 Å². The van der Waals surface area contributed by atoms with Crippen molar-refractivity contribution >= 4 is 5.91 Å². The number of aromatic nitrogens is 2. The number of nitrogens with zero attached hydrogens (tertiary/aromatic N) is 3. The van der Waals surface area contributed by atoms with Gasteiger partial charge in [0.05, 0.1) is 12.5 Å². The maximum Gasteiger partial charge on any atom is 0.241 e. The van der Waals surface area contributed by atoms with Crippen molar-refractivity contribution in [1.82, 2.24) is 20.4 Å². The summed E-state index contributed by atoms with van der Waals surface area (Å²) >= 11 is 0. The molecule has 26 heavy (non-hydrogen) atoms. The van der Waals surface area contributed by atoms with Gasteiger partial charge in [-0.1, -0.05) is 42.4 Å². The van der Waals surface area contributed by atoms with Gasteiger partial charge < -0.3 is 9.84 Å². The van der Waals surface area contributed by atoms with Crippen molar-refractivity contribution in [3.63, 3.8) is 0 Å². The molecule has 1 unspecified atom stereocenters. The highest BCUT2D eigenvalue weighted by molar-refractivity contribution is 5.79. The van der Waals surface area contributed by atoms with Gasteiger partial charge in [-0.15, -0.1) is 0 Å². The average Bonchev–Trinajstić information content (AvgIpc) is 3.11. The molecule has 1 aromatic heterocycles. The predicted octanol–water partition coefficient (Wildman–Crippen LogP) is 3.25. The van der Waals surface area contributed by atoms with Crippen LogP contribution in [0, 0.1) is 5.92 Å². The van der Waals surface area contributed by atoms with Gasteiger partial charge in [-0.2, -0.15) is 4.98 Å². The van der Waals surface area contributed by atoms with Crippen LogP contribution < -0.4 is 5.32 Å². The number of nitrogens with one attached hydrogen (secondary N) is 1. The summed E-state index contributed by atoms with van der Waals surface area (Å²) in [6.07, 6.45) is 2.85. The lowest BCUT2D eigenvalue weighted by molar-refractivity contribution is -0.128. The Kier molecular flexibility index (Phi) is 5.71. The molecule has 0 saturated carbocycles. The summed E-state index contributed by atoms with van der Waals surface area (Å²) in [5.41, 5.74) is 0.788. The lowest BCUT2D eigenvalue weighted by atomic mass is 9.94. The van der Waals surface area contributed by atoms with Crippen LogP contribution in [0.25, 0.3) is 11.4 Å². The summed E-state index contributed by atoms with van der Waals surface area (Å²) in [5, 5.41) is 7.24. The average molecular weight is 356 g/mol. The molecular formula is C20H28N4O2. The second-order valence-corrected chi connectivity index (χ2v) is 7.68. The van der Waals surface area contributed by atoms with Crippen LogP contribution in [0.3, 0.4) is 0 Å². The van der Waals surface area contributed by atoms with E-state index in [0.29, 0.717) is 18.3 Å². The minimum Gasteiger partial charge on any atom is -0.351 e. The molecule has 1 saturated heterocycles. The van der Waals surface area contributed by atoms with Crippen LogP contribution in [-0.4, -0.2) is 39.6 Å². The van der Waals surface area contributed by atoms with Gasteiger partial charge in [0, 0.05) is 17.6 Å². The smallest absolute Gasteiger partial charge is 0.241 e. The molecule has 1 N–H and O–H groups in total. The van der Waals surface area contributed by atoms with Crippen LogP contribution >= 0.6 is 0 Å². The lowest BCUT2D eigenvalue weighted by Gasteiger charge is -2.33. The van der Waals surface area contributed by atoms with E-state index in [9.17, 15) is 4.79 Å². The topological polar surface area (TPSA) is 71.3 Å². The second kappa shape index (κ2) is 7.99. The van der Waals surface area contributed by atoms with Crippen molar-refractivity contribution in [3.8, 4) is 11.4 Å². The zero-order valence-electron chi connectivity index (χ0n) is 15.9. The number of carbonyl (C=O) groups excluding carboxylic acids is 1. The van der Waals surface area contributed by atoms with Crippen molar-refractivity contribution in [1.29, 1.82) is 0 Å². The zero-order chi connectivity index (χ0) is 18.6. The Labute approximate surface area is 155 Å². The third-order valence-corrected chi connectivity index (χ3v) is 5.08. The number of carbonyl (C=O) groups is 1. The normalized spacial score (nSPS) is 18.7. The third-order valence-electron chi connectivity index (χ3n) is 5.08. The Hall–Kier alpha value is -2.21. The molecular weight excluding hydrogens is 328 g/mol. The summed E-state index contributed by atoms with van der Waals surface area (Å²) in [7, 11) is 0. The van der Waals surface area contributed by atoms with Crippen LogP contribution in [0.5, 0.6) is 0 Å². The van der Waals surface area contributed by atoms with Crippen molar-refractivity contribution in [2.45, 2.75) is 52.1 Å². The SMILES string of the molecule is CCC(C)(C)NC(=O)C1CCCN(Cc2nc(-c3ccccc3)no2)C1. The van der Waals surface area contributed by atoms with Gasteiger partial charge in [-0.25, -0.2) is 0 Å². The molecule has 2 aromatic rings. The first-order chi connectivity index (χ1) is 12.5. The zero-order valence-corrected chi connectivity index (χ0v) is 15.9. The summed E-state index contributed by atoms with van der Waals surface area (Å²) in [6.45, 7) is 8.48. The molecule has 1 aromatic carbocycles. The molecule has 1 aliphatic rings. The first-order valence-corrected chi connectivity index (χ1v) is 9.39. The summed E-state index contributed by atoms with van der Waals surface area (Å²) in [5.74, 6) is 1.37. The Morgan fingerprint density at radius 2 is 2.12 bits per heavy atom. The second-order valence-electron chi connectivity index (χ2n) is 7.68. The van der Waals surface area contributed by atoms with Gasteiger partial charge in [0.25, 0.3) is 0 Å². The number of piperidine rings is 1. The van der Waals surface area contributed by atoms with Crippen LogP contribution in [0.4, 0.5) is 0 Å². The maximum atomic E-state index is 12.6. The van der Waals surface area contributed by atoms with Crippen molar-refractivity contribution in [2.24, 2.45) is 5.92 Å². The molecule has 0 aliphatic carbocycles. The molecule has 6 heteroatoms. The molecule has 1 aliphatic heterocycles. The maximum absolute atomic E-state index is 12.6. The van der Waals surface area contributed by atoms with E-state index < -0.39 is 0 Å². The first kappa shape index (κ1) is 18.6. The highest BCUT2D eigenvalue weighted by atomic mass is 16.5. The Balaban J connectivity index is 1.59. The molecule has 6 nitrogen and oxygen atoms in total. The first-order valence-electron chi connectivity index (χ1n) is 9.39. The largest absolute Gasteiger partial charge is 0.351 e. The van der Waals surface area contributed by atoms with E-state index >= 15 is 0 Å². The monoisotopic (exact) mass is 356 g/mol. The lowest BCUT2D eigenvalue weighted by Crippen LogP contribution is -2.49. The molecule has 1 amide bonds. The van der Waals surface area contributed by atoms with Crippen LogP contribution in [0.2, 0.25) is 0 Å². The summed E-state index contributed by atoms with van der Waals surface area (Å²) < 4.78 is 5.41. The summed E-state index contributed by atoms with van der Waals surface area (Å²) in [6, 6.07) is 9.80. The molecule has 0 spiro atoms. The van der Waals surface area contributed by atoms with Gasteiger partial charge >= 0.3 is 0 Å². The van der Waals surface area contributed by atoms with E-state index in [1.54, 1.807) is 0 Å². The van der Waals surface area contributed by atoms with E-state index in [0.717, 1.165) is 37.9 Å². The molecule has 140 valence electrons. The fraction of sp³-hybridized carbons (Fsp3) is 0.550. The van der Waals surface area contributed by atoms with E-state index in [4.69, 9.17) is 4.52 Å². The van der Waals surface area contributed by atoms with Gasteiger partial charge in [-0.3, -0.25) is 9.69 Å². The van der Waals surface area contributed by atoms with Crippen molar-refractivity contribution in [2.75, 3.05) is 13.1 Å². The fourth-order valence-corrected chi connectivity index (χ4v) is 3.15. The molecule has 0 radical (unpaired) electrons. The molecule has 2 heterocycles. The van der Waals surface area contributed by atoms with E-state index in [1.165, 1.54) is 0 Å². The van der Waals surface area contributed by atoms with E-state index in [1.807, 2.05) is 30.3 Å². The molecule has 1 fully saturated rings. The van der Waals surface area contributed by atoms with E-state index in [2.05, 4.69) is 41.1 Å². The Morgan fingerprint density at radius 1 is 1.35 bits per heavy atom. The van der Waals surface area contributed by atoms with Gasteiger partial charge in [0.2, 0.25) is 17.6 Å². The number of benzene rings is 1. The standard InChI is InChI=1S/C20H28N4O2/c1-4-20(2,3)22-19(25)16-11-8-12-24(13-16)14-17-21-18(23-26-17)15-9-6-5-7-10-15/h5-7,9-10,16H,4,8,11-14H2,1-3H3,(H,22,25). The predicted molar refractivity (Wildman–Crippen MR) is 100 cm³/mol. The van der Waals surface area contributed by atoms with Crippen LogP contribution in [0.1, 0.15) is 45.9 Å². The molecule has 0 bridgehead atoms. The minimum atomic E-state index is -0.156. The Morgan fingerprint density at radius 3 is 2.85 bits per heavy atom. The Bertz CT molecular complexity index is 726. The number of rotatable bonds is 6. The number of hydrogen-bond acceptors (Lipinski definition) is 5. The minimum absolute atomic E-state index is 0.0195. The summed E-state index contributed by atoms with van der Waals surface area (Å²) in [4.78, 5) is 19.3. The van der Waals surface area contributed by atoms with Crippen LogP contribution in [-0.2, 0) is 11.3 Å². The quantitative estimate of drug-likeness (QED) is 0.860. The molecule has 3 rings (SSSR count). The fourth-order valence-electron chi connectivity index (χ4n) is 3.15. The van der Waals surface area contributed by atoms with Crippen LogP contribution in [0.15, 0.2) is 34.9 Å². The highest BCUT2D eigenvalue weighted by Gasteiger charge is 2.29. The molecule has 1 atom stereocenters. The van der Waals surface area contributed by atoms with Gasteiger partial charge in [0.1, 0.15) is 0 Å². The highest BCUT2D eigenvalue weighted by Crippen LogP contribution is 2.21.